The van der Waals surface area contributed by atoms with Gasteiger partial charge in [0.1, 0.15) is 17.5 Å². The Morgan fingerprint density at radius 1 is 1.19 bits per heavy atom. The molecule has 1 N–H and O–H groups in total. The van der Waals surface area contributed by atoms with Crippen LogP contribution < -0.4 is 5.32 Å². The molecule has 8 nitrogen and oxygen atoms in total. The molecule has 3 aromatic rings. The van der Waals surface area contributed by atoms with E-state index in [1.807, 2.05) is 67.7 Å². The molecule has 3 aromatic heterocycles. The molecule has 1 fully saturated rings. The van der Waals surface area contributed by atoms with E-state index in [0.717, 1.165) is 34.9 Å². The molecule has 0 aromatic carbocycles. The van der Waals surface area contributed by atoms with Crippen molar-refractivity contribution in [3.63, 3.8) is 0 Å². The van der Waals surface area contributed by atoms with Gasteiger partial charge in [0.15, 0.2) is 0 Å². The summed E-state index contributed by atoms with van der Waals surface area (Å²) in [5.41, 5.74) is 3.92. The zero-order chi connectivity index (χ0) is 22.0. The molecule has 0 aliphatic carbocycles. The van der Waals surface area contributed by atoms with Crippen LogP contribution >= 0.6 is 0 Å². The Hall–Kier alpha value is -3.55. The van der Waals surface area contributed by atoms with Crippen LogP contribution in [-0.2, 0) is 11.8 Å². The smallest absolute Gasteiger partial charge is 0.246 e. The first kappa shape index (κ1) is 20.7. The number of nitrogens with zero attached hydrogens (tertiary/aromatic N) is 6. The van der Waals surface area contributed by atoms with Crippen molar-refractivity contribution in [3.05, 3.63) is 65.0 Å². The van der Waals surface area contributed by atoms with Gasteiger partial charge in [0.25, 0.3) is 0 Å². The van der Waals surface area contributed by atoms with Gasteiger partial charge in [-0.25, -0.2) is 15.0 Å². The second-order valence-electron chi connectivity index (χ2n) is 7.88. The minimum absolute atomic E-state index is 0.0164. The molecule has 1 saturated heterocycles. The van der Waals surface area contributed by atoms with Gasteiger partial charge in [0, 0.05) is 55.7 Å². The molecule has 4 heterocycles. The SMILES string of the molecule is Cc1nc(Nc2ccccn2)cc(C2CCN(C(=O)/C=C/c3c(C)nn(C)c3C)C2)n1. The van der Waals surface area contributed by atoms with Gasteiger partial charge in [-0.2, -0.15) is 5.10 Å². The van der Waals surface area contributed by atoms with E-state index in [4.69, 9.17) is 0 Å². The number of carbonyl (C=O) groups excluding carboxylic acids is 1. The molecule has 1 unspecified atom stereocenters. The fourth-order valence-electron chi connectivity index (χ4n) is 3.92. The van der Waals surface area contributed by atoms with Gasteiger partial charge in [0.2, 0.25) is 5.91 Å². The fraction of sp³-hybridized carbons (Fsp3) is 0.348. The van der Waals surface area contributed by atoms with Crippen LogP contribution in [0.2, 0.25) is 0 Å². The number of hydrogen-bond acceptors (Lipinski definition) is 6. The average molecular weight is 418 g/mol. The summed E-state index contributed by atoms with van der Waals surface area (Å²) < 4.78 is 1.83. The summed E-state index contributed by atoms with van der Waals surface area (Å²) >= 11 is 0. The lowest BCUT2D eigenvalue weighted by atomic mass is 10.0. The summed E-state index contributed by atoms with van der Waals surface area (Å²) in [6.07, 6.45) is 6.14. The Morgan fingerprint density at radius 3 is 2.74 bits per heavy atom. The van der Waals surface area contributed by atoms with E-state index in [-0.39, 0.29) is 11.8 Å². The van der Waals surface area contributed by atoms with E-state index in [0.29, 0.717) is 24.7 Å². The van der Waals surface area contributed by atoms with Crippen LogP contribution in [0, 0.1) is 20.8 Å². The highest BCUT2D eigenvalue weighted by Gasteiger charge is 2.28. The van der Waals surface area contributed by atoms with E-state index in [1.165, 1.54) is 0 Å². The molecule has 0 saturated carbocycles. The number of nitrogens with one attached hydrogen (secondary N) is 1. The molecule has 0 spiro atoms. The van der Waals surface area contributed by atoms with Crippen LogP contribution in [-0.4, -0.2) is 48.6 Å². The van der Waals surface area contributed by atoms with E-state index in [2.05, 4.69) is 25.4 Å². The van der Waals surface area contributed by atoms with Gasteiger partial charge in [-0.05, 0) is 45.4 Å². The second-order valence-corrected chi connectivity index (χ2v) is 7.88. The summed E-state index contributed by atoms with van der Waals surface area (Å²) in [4.78, 5) is 28.0. The predicted molar refractivity (Wildman–Crippen MR) is 120 cm³/mol. The second kappa shape index (κ2) is 8.67. The standard InChI is InChI=1S/C23H27N7O/c1-15-19(16(2)29(4)28-15)8-9-23(31)30-12-10-18(14-30)20-13-22(26-17(3)25-20)27-21-7-5-6-11-24-21/h5-9,11,13,18H,10,12,14H2,1-4H3,(H,24,25,26,27)/b9-8+. The number of pyridine rings is 1. The molecule has 160 valence electrons. The van der Waals surface area contributed by atoms with Crippen molar-refractivity contribution in [2.75, 3.05) is 18.4 Å². The zero-order valence-corrected chi connectivity index (χ0v) is 18.3. The number of likely N-dealkylation sites (tertiary alicyclic amines) is 1. The molecule has 1 aliphatic rings. The van der Waals surface area contributed by atoms with E-state index in [9.17, 15) is 4.79 Å². The van der Waals surface area contributed by atoms with Crippen molar-refractivity contribution in [3.8, 4) is 0 Å². The van der Waals surface area contributed by atoms with Crippen LogP contribution in [0.5, 0.6) is 0 Å². The highest BCUT2D eigenvalue weighted by Crippen LogP contribution is 2.28. The molecule has 8 heteroatoms. The van der Waals surface area contributed by atoms with Crippen molar-refractivity contribution in [1.29, 1.82) is 0 Å². The summed E-state index contributed by atoms with van der Waals surface area (Å²) in [6.45, 7) is 7.20. The van der Waals surface area contributed by atoms with Crippen molar-refractivity contribution in [1.82, 2.24) is 29.6 Å². The van der Waals surface area contributed by atoms with Crippen molar-refractivity contribution in [2.45, 2.75) is 33.1 Å². The maximum absolute atomic E-state index is 12.8. The fourth-order valence-corrected chi connectivity index (χ4v) is 3.92. The topological polar surface area (TPSA) is 88.8 Å². The Balaban J connectivity index is 1.44. The molecule has 1 aliphatic heterocycles. The molecule has 1 atom stereocenters. The minimum atomic E-state index is 0.0164. The highest BCUT2D eigenvalue weighted by molar-refractivity contribution is 5.92. The molecule has 31 heavy (non-hydrogen) atoms. The quantitative estimate of drug-likeness (QED) is 0.641. The Labute approximate surface area is 182 Å². The normalized spacial score (nSPS) is 16.3. The van der Waals surface area contributed by atoms with Gasteiger partial charge in [-0.15, -0.1) is 0 Å². The van der Waals surface area contributed by atoms with Gasteiger partial charge in [-0.3, -0.25) is 9.48 Å². The predicted octanol–water partition coefficient (Wildman–Crippen LogP) is 3.30. The molecular weight excluding hydrogens is 390 g/mol. The van der Waals surface area contributed by atoms with Crippen LogP contribution in [0.15, 0.2) is 36.5 Å². The number of aryl methyl sites for hydroxylation is 3. The molecule has 0 radical (unpaired) electrons. The first-order valence-corrected chi connectivity index (χ1v) is 10.4. The van der Waals surface area contributed by atoms with Crippen LogP contribution in [0.1, 0.15) is 40.8 Å². The van der Waals surface area contributed by atoms with Gasteiger partial charge in [0.05, 0.1) is 11.4 Å². The third-order valence-corrected chi connectivity index (χ3v) is 5.65. The number of aromatic nitrogens is 5. The van der Waals surface area contributed by atoms with Crippen molar-refractivity contribution < 1.29 is 4.79 Å². The lowest BCUT2D eigenvalue weighted by Crippen LogP contribution is -2.26. The molecule has 1 amide bonds. The molecule has 4 rings (SSSR count). The number of carbonyl (C=O) groups is 1. The third kappa shape index (κ3) is 4.63. The lowest BCUT2D eigenvalue weighted by Gasteiger charge is -2.15. The van der Waals surface area contributed by atoms with E-state index < -0.39 is 0 Å². The third-order valence-electron chi connectivity index (χ3n) is 5.65. The number of rotatable bonds is 5. The minimum Gasteiger partial charge on any atom is -0.338 e. The van der Waals surface area contributed by atoms with Gasteiger partial charge >= 0.3 is 0 Å². The van der Waals surface area contributed by atoms with E-state index in [1.54, 1.807) is 12.3 Å². The van der Waals surface area contributed by atoms with Crippen LogP contribution in [0.4, 0.5) is 11.6 Å². The average Bonchev–Trinajstić information content (AvgIpc) is 3.32. The largest absolute Gasteiger partial charge is 0.338 e. The number of anilines is 2. The van der Waals surface area contributed by atoms with Crippen molar-refractivity contribution in [2.24, 2.45) is 7.05 Å². The van der Waals surface area contributed by atoms with E-state index >= 15 is 0 Å². The van der Waals surface area contributed by atoms with Crippen LogP contribution in [0.3, 0.4) is 0 Å². The maximum Gasteiger partial charge on any atom is 0.246 e. The Bertz CT molecular complexity index is 1120. The summed E-state index contributed by atoms with van der Waals surface area (Å²) in [5.74, 6) is 2.35. The summed E-state index contributed by atoms with van der Waals surface area (Å²) in [5, 5.41) is 7.63. The van der Waals surface area contributed by atoms with Gasteiger partial charge < -0.3 is 10.2 Å². The zero-order valence-electron chi connectivity index (χ0n) is 18.3. The first-order chi connectivity index (χ1) is 14.9. The lowest BCUT2D eigenvalue weighted by molar-refractivity contribution is -0.124. The summed E-state index contributed by atoms with van der Waals surface area (Å²) in [7, 11) is 1.91. The number of amides is 1. The monoisotopic (exact) mass is 417 g/mol. The number of hydrogen-bond donors (Lipinski definition) is 1. The Kier molecular flexibility index (Phi) is 5.79. The molecule has 0 bridgehead atoms. The Morgan fingerprint density at radius 2 is 2.03 bits per heavy atom. The summed E-state index contributed by atoms with van der Waals surface area (Å²) in [6, 6.07) is 7.65. The maximum atomic E-state index is 12.8. The van der Waals surface area contributed by atoms with Gasteiger partial charge in [-0.1, -0.05) is 6.07 Å². The van der Waals surface area contributed by atoms with Crippen LogP contribution in [0.25, 0.3) is 6.08 Å². The first-order valence-electron chi connectivity index (χ1n) is 10.4. The van der Waals surface area contributed by atoms with Crippen molar-refractivity contribution >= 4 is 23.6 Å². The highest BCUT2D eigenvalue weighted by atomic mass is 16.2. The molecular formula is C23H27N7O.